The number of nitrogens with two attached hydrogens (primary N) is 4. The molecular weight excluding hydrogens is 959 g/mol. The summed E-state index contributed by atoms with van der Waals surface area (Å²) in [5, 5.41) is 33.3. The molecule has 3 aliphatic rings. The van der Waals surface area contributed by atoms with Crippen molar-refractivity contribution in [3.05, 3.63) is 71.8 Å². The SMILES string of the molecule is NCCCCC(N)C(=O)N1CCCC1C(=O)N1CCCC1C(=O)NCC(=O)NC(Cc1ccccc1)C(=O)NC(CO)C(=O)N1CCCC1C(=O)NC(Cc1ccccc1)C(=O)NC(CCCN=C(N)N)C(=O)O. The Hall–Kier alpha value is -7.18. The monoisotopic (exact) mass is 1030 g/mol. The van der Waals surface area contributed by atoms with Crippen LogP contribution in [0.15, 0.2) is 65.7 Å². The molecule has 0 aliphatic carbocycles. The third-order valence-corrected chi connectivity index (χ3v) is 13.4. The number of hydrogen-bond acceptors (Lipinski definition) is 13. The van der Waals surface area contributed by atoms with E-state index in [-0.39, 0.29) is 69.5 Å². The van der Waals surface area contributed by atoms with Crippen molar-refractivity contribution < 1.29 is 53.4 Å². The van der Waals surface area contributed by atoms with Crippen molar-refractivity contribution in [2.45, 2.75) is 132 Å². The third-order valence-electron chi connectivity index (χ3n) is 13.4. The number of carbonyl (C=O) groups excluding carboxylic acids is 8. The third kappa shape index (κ3) is 16.7. The molecule has 0 spiro atoms. The Bertz CT molecular complexity index is 2290. The first-order chi connectivity index (χ1) is 35.5. The fourth-order valence-corrected chi connectivity index (χ4v) is 9.54. The second-order valence-corrected chi connectivity index (χ2v) is 18.8. The summed E-state index contributed by atoms with van der Waals surface area (Å²) in [5.74, 6) is -6.69. The van der Waals surface area contributed by atoms with Gasteiger partial charge in [-0.3, -0.25) is 43.3 Å². The van der Waals surface area contributed by atoms with Crippen LogP contribution in [0.4, 0.5) is 0 Å². The molecule has 3 aliphatic heterocycles. The van der Waals surface area contributed by atoms with Crippen molar-refractivity contribution in [1.29, 1.82) is 0 Å². The van der Waals surface area contributed by atoms with Crippen LogP contribution >= 0.6 is 0 Å². The van der Waals surface area contributed by atoms with Crippen LogP contribution in [0.5, 0.6) is 0 Å². The van der Waals surface area contributed by atoms with Gasteiger partial charge in [-0.05, 0) is 81.9 Å². The van der Waals surface area contributed by atoms with E-state index < -0.39 is 103 Å². The van der Waals surface area contributed by atoms with E-state index in [1.165, 1.54) is 14.7 Å². The average molecular weight is 1030 g/mol. The zero-order valence-corrected chi connectivity index (χ0v) is 41.7. The summed E-state index contributed by atoms with van der Waals surface area (Å²) in [4.78, 5) is 130. The normalized spacial score (nSPS) is 19.3. The van der Waals surface area contributed by atoms with Gasteiger partial charge in [0.25, 0.3) is 0 Å². The smallest absolute Gasteiger partial charge is 0.326 e. The van der Waals surface area contributed by atoms with Gasteiger partial charge in [0.05, 0.1) is 19.2 Å². The van der Waals surface area contributed by atoms with Gasteiger partial charge in [0.1, 0.15) is 42.3 Å². The molecule has 24 heteroatoms. The molecule has 3 fully saturated rings. The second-order valence-electron chi connectivity index (χ2n) is 18.8. The molecule has 24 nitrogen and oxygen atoms in total. The summed E-state index contributed by atoms with van der Waals surface area (Å²) < 4.78 is 0. The molecule has 404 valence electrons. The van der Waals surface area contributed by atoms with Crippen LogP contribution in [0.25, 0.3) is 0 Å². The summed E-state index contributed by atoms with van der Waals surface area (Å²) in [6.07, 6.45) is 4.36. The number of carboxylic acids is 1. The van der Waals surface area contributed by atoms with Crippen molar-refractivity contribution >= 4 is 59.2 Å². The molecule has 0 saturated carbocycles. The Morgan fingerprint density at radius 3 is 1.70 bits per heavy atom. The predicted molar refractivity (Wildman–Crippen MR) is 271 cm³/mol. The van der Waals surface area contributed by atoms with Crippen molar-refractivity contribution in [1.82, 2.24) is 41.3 Å². The van der Waals surface area contributed by atoms with E-state index in [1.54, 1.807) is 60.7 Å². The fourth-order valence-electron chi connectivity index (χ4n) is 9.54. The molecule has 8 unspecified atom stereocenters. The highest BCUT2D eigenvalue weighted by Gasteiger charge is 2.44. The molecule has 8 atom stereocenters. The van der Waals surface area contributed by atoms with E-state index in [9.17, 15) is 53.4 Å². The average Bonchev–Trinajstić information content (AvgIpc) is 4.20. The number of rotatable bonds is 27. The minimum Gasteiger partial charge on any atom is -0.480 e. The minimum absolute atomic E-state index is 0.0168. The quantitative estimate of drug-likeness (QED) is 0.0243. The summed E-state index contributed by atoms with van der Waals surface area (Å²) in [5.41, 5.74) is 23.8. The molecule has 0 aromatic heterocycles. The highest BCUT2D eigenvalue weighted by Crippen LogP contribution is 2.26. The van der Waals surface area contributed by atoms with E-state index in [0.717, 1.165) is 6.42 Å². The number of guanidine groups is 1. The lowest BCUT2D eigenvalue weighted by molar-refractivity contribution is -0.147. The van der Waals surface area contributed by atoms with Gasteiger partial charge in [-0.25, -0.2) is 4.79 Å². The van der Waals surface area contributed by atoms with Gasteiger partial charge >= 0.3 is 5.97 Å². The number of amides is 8. The number of benzene rings is 2. The number of aliphatic hydroxyl groups excluding tert-OH is 1. The number of carboxylic acid groups (broad SMARTS) is 1. The Balaban J connectivity index is 1.21. The lowest BCUT2D eigenvalue weighted by Crippen LogP contribution is -2.60. The lowest BCUT2D eigenvalue weighted by atomic mass is 10.0. The van der Waals surface area contributed by atoms with Crippen LogP contribution in [0.3, 0.4) is 0 Å². The van der Waals surface area contributed by atoms with E-state index in [2.05, 4.69) is 31.6 Å². The maximum Gasteiger partial charge on any atom is 0.326 e. The maximum atomic E-state index is 14.1. The van der Waals surface area contributed by atoms with Crippen LogP contribution in [0.2, 0.25) is 0 Å². The van der Waals surface area contributed by atoms with Crippen LogP contribution in [0.1, 0.15) is 81.8 Å². The van der Waals surface area contributed by atoms with Gasteiger partial charge in [-0.1, -0.05) is 67.1 Å². The van der Waals surface area contributed by atoms with Gasteiger partial charge in [-0.2, -0.15) is 0 Å². The Morgan fingerprint density at radius 2 is 1.15 bits per heavy atom. The Labute approximate surface area is 430 Å². The highest BCUT2D eigenvalue weighted by molar-refractivity contribution is 5.98. The molecule has 0 bridgehead atoms. The molecular formula is C50H73N13O11. The lowest BCUT2D eigenvalue weighted by Gasteiger charge is -2.32. The number of aliphatic hydroxyl groups is 1. The minimum atomic E-state index is -1.58. The fraction of sp³-hybridized carbons (Fsp3) is 0.560. The molecule has 3 saturated heterocycles. The number of hydrogen-bond donors (Lipinski definition) is 11. The molecule has 5 rings (SSSR count). The van der Waals surface area contributed by atoms with Crippen molar-refractivity contribution in [3.8, 4) is 0 Å². The van der Waals surface area contributed by atoms with E-state index >= 15 is 0 Å². The largest absolute Gasteiger partial charge is 0.480 e. The molecule has 15 N–H and O–H groups in total. The van der Waals surface area contributed by atoms with Crippen LogP contribution in [-0.2, 0) is 56.0 Å². The van der Waals surface area contributed by atoms with Gasteiger partial charge in [-0.15, -0.1) is 0 Å². The number of aliphatic carboxylic acids is 1. The molecule has 8 amide bonds. The van der Waals surface area contributed by atoms with E-state index in [0.29, 0.717) is 69.2 Å². The van der Waals surface area contributed by atoms with Crippen molar-refractivity contribution in [2.75, 3.05) is 45.9 Å². The first-order valence-corrected chi connectivity index (χ1v) is 25.3. The zero-order chi connectivity index (χ0) is 53.7. The maximum absolute atomic E-state index is 14.1. The van der Waals surface area contributed by atoms with Crippen molar-refractivity contribution in [3.63, 3.8) is 0 Å². The molecule has 2 aromatic carbocycles. The van der Waals surface area contributed by atoms with Crippen LogP contribution < -0.4 is 49.5 Å². The number of aliphatic imine (C=N–C) groups is 1. The number of nitrogens with zero attached hydrogens (tertiary/aromatic N) is 4. The Morgan fingerprint density at radius 1 is 0.622 bits per heavy atom. The molecule has 2 aromatic rings. The Kier molecular flexibility index (Phi) is 22.5. The molecule has 0 radical (unpaired) electrons. The summed E-state index contributed by atoms with van der Waals surface area (Å²) in [6, 6.07) is 8.27. The number of likely N-dealkylation sites (tertiary alicyclic amines) is 3. The standard InChI is InChI=1S/C50H73N13O11/c51-22-8-7-17-33(52)46(70)63-26-12-21-40(63)48(72)62-25-10-19-38(62)44(68)56-29-41(65)57-35(27-31-13-3-1-4-14-31)42(66)60-37(30-64)47(71)61-24-11-20-39(61)45(69)59-36(28-32-15-5-2-6-16-32)43(67)58-34(49(73)74)18-9-23-55-50(53)54/h1-6,13-16,33-40,64H,7-12,17-30,51-52H2,(H,56,68)(H,57,65)(H,58,67)(H,59,69)(H,60,66)(H,73,74)(H4,53,54,55). The van der Waals surface area contributed by atoms with Crippen LogP contribution in [0, 0.1) is 0 Å². The van der Waals surface area contributed by atoms with Crippen LogP contribution in [-0.4, -0.2) is 178 Å². The van der Waals surface area contributed by atoms with Gasteiger partial charge in [0.2, 0.25) is 47.3 Å². The first-order valence-electron chi connectivity index (χ1n) is 25.3. The second kappa shape index (κ2) is 28.9. The predicted octanol–water partition coefficient (Wildman–Crippen LogP) is -2.91. The highest BCUT2D eigenvalue weighted by atomic mass is 16.4. The van der Waals surface area contributed by atoms with E-state index in [1.807, 2.05) is 0 Å². The molecule has 74 heavy (non-hydrogen) atoms. The number of nitrogens with one attached hydrogen (secondary N) is 5. The van der Waals surface area contributed by atoms with Crippen molar-refractivity contribution in [2.24, 2.45) is 27.9 Å². The summed E-state index contributed by atoms with van der Waals surface area (Å²) in [7, 11) is 0. The first kappa shape index (κ1) is 57.7. The molecule has 3 heterocycles. The van der Waals surface area contributed by atoms with Gasteiger partial charge in [0, 0.05) is 39.0 Å². The number of unbranched alkanes of at least 4 members (excludes halogenated alkanes) is 1. The zero-order valence-electron chi connectivity index (χ0n) is 41.7. The number of carbonyl (C=O) groups is 9. The van der Waals surface area contributed by atoms with E-state index in [4.69, 9.17) is 22.9 Å². The topological polar surface area (TPSA) is 380 Å². The van der Waals surface area contributed by atoms with Gasteiger partial charge in [0.15, 0.2) is 5.96 Å². The van der Waals surface area contributed by atoms with Gasteiger partial charge < -0.3 is 74.4 Å². The summed E-state index contributed by atoms with van der Waals surface area (Å²) >= 11 is 0. The summed E-state index contributed by atoms with van der Waals surface area (Å²) in [6.45, 7) is -0.150.